The number of aromatic nitrogens is 1. The SMILES string of the molecule is COc1cncc2c1[C@]1(O)[C@H](O)[C@H](CN(C)C)[C@@H](c3ccccc3)[C@]1(c1ccc(C)cc1)O2. The lowest BCUT2D eigenvalue weighted by Gasteiger charge is -2.41. The highest BCUT2D eigenvalue weighted by atomic mass is 16.5. The van der Waals surface area contributed by atoms with Gasteiger partial charge in [-0.05, 0) is 32.1 Å². The zero-order valence-electron chi connectivity index (χ0n) is 19.4. The van der Waals surface area contributed by atoms with Gasteiger partial charge in [0.15, 0.2) is 11.2 Å². The fraction of sp³-hybridized carbons (Fsp3) is 0.370. The Hall–Kier alpha value is -2.93. The quantitative estimate of drug-likeness (QED) is 0.627. The van der Waals surface area contributed by atoms with Gasteiger partial charge in [-0.2, -0.15) is 0 Å². The summed E-state index contributed by atoms with van der Waals surface area (Å²) in [5.41, 5.74) is 0.361. The minimum atomic E-state index is -1.74. The summed E-state index contributed by atoms with van der Waals surface area (Å²) in [7, 11) is 5.50. The predicted octanol–water partition coefficient (Wildman–Crippen LogP) is 3.21. The van der Waals surface area contributed by atoms with Crippen LogP contribution in [-0.4, -0.2) is 54.0 Å². The van der Waals surface area contributed by atoms with Crippen molar-refractivity contribution in [2.75, 3.05) is 27.7 Å². The molecule has 0 radical (unpaired) electrons. The predicted molar refractivity (Wildman–Crippen MR) is 125 cm³/mol. The molecule has 6 nitrogen and oxygen atoms in total. The average molecular weight is 447 g/mol. The van der Waals surface area contributed by atoms with E-state index in [0.29, 0.717) is 23.6 Å². The van der Waals surface area contributed by atoms with Gasteiger partial charge < -0.3 is 24.6 Å². The van der Waals surface area contributed by atoms with Gasteiger partial charge in [0, 0.05) is 18.4 Å². The number of nitrogens with zero attached hydrogens (tertiary/aromatic N) is 2. The Morgan fingerprint density at radius 1 is 1.06 bits per heavy atom. The summed E-state index contributed by atoms with van der Waals surface area (Å²) in [6, 6.07) is 18.0. The molecule has 33 heavy (non-hydrogen) atoms. The van der Waals surface area contributed by atoms with Gasteiger partial charge in [0.05, 0.1) is 31.2 Å². The largest absolute Gasteiger partial charge is 0.495 e. The summed E-state index contributed by atoms with van der Waals surface area (Å²) in [5, 5.41) is 24.6. The molecule has 0 spiro atoms. The maximum atomic E-state index is 12.7. The monoisotopic (exact) mass is 446 g/mol. The van der Waals surface area contributed by atoms with Crippen molar-refractivity contribution in [2.24, 2.45) is 5.92 Å². The summed E-state index contributed by atoms with van der Waals surface area (Å²) in [5.74, 6) is 0.196. The van der Waals surface area contributed by atoms with Crippen molar-refractivity contribution in [3.05, 3.63) is 89.2 Å². The first-order valence-corrected chi connectivity index (χ1v) is 11.2. The summed E-state index contributed by atoms with van der Waals surface area (Å²) in [4.78, 5) is 6.31. The molecule has 0 saturated heterocycles. The van der Waals surface area contributed by atoms with E-state index in [4.69, 9.17) is 9.47 Å². The number of fused-ring (bicyclic) bond motifs is 3. The van der Waals surface area contributed by atoms with E-state index in [0.717, 1.165) is 16.7 Å². The molecule has 0 amide bonds. The number of hydrogen-bond donors (Lipinski definition) is 2. The number of aliphatic hydroxyl groups excluding tert-OH is 1. The molecule has 2 aliphatic rings. The summed E-state index contributed by atoms with van der Waals surface area (Å²) in [6.45, 7) is 2.60. The lowest BCUT2D eigenvalue weighted by Crippen LogP contribution is -2.52. The Morgan fingerprint density at radius 2 is 1.76 bits per heavy atom. The highest BCUT2D eigenvalue weighted by molar-refractivity contribution is 5.59. The first kappa shape index (κ1) is 21.9. The average Bonchev–Trinajstić information content (AvgIpc) is 3.18. The van der Waals surface area contributed by atoms with Crippen molar-refractivity contribution in [2.45, 2.75) is 30.1 Å². The maximum absolute atomic E-state index is 12.7. The molecule has 1 saturated carbocycles. The summed E-state index contributed by atoms with van der Waals surface area (Å²) >= 11 is 0. The molecule has 3 aromatic rings. The van der Waals surface area contributed by atoms with Crippen molar-refractivity contribution in [1.29, 1.82) is 0 Å². The van der Waals surface area contributed by atoms with Crippen LogP contribution >= 0.6 is 0 Å². The van der Waals surface area contributed by atoms with Crippen LogP contribution in [0.25, 0.3) is 0 Å². The van der Waals surface area contributed by atoms with Crippen molar-refractivity contribution in [3.63, 3.8) is 0 Å². The zero-order valence-corrected chi connectivity index (χ0v) is 19.4. The van der Waals surface area contributed by atoms with E-state index in [2.05, 4.69) is 4.98 Å². The van der Waals surface area contributed by atoms with E-state index >= 15 is 0 Å². The molecule has 5 rings (SSSR count). The number of ether oxygens (including phenoxy) is 2. The number of hydrogen-bond acceptors (Lipinski definition) is 6. The van der Waals surface area contributed by atoms with Crippen LogP contribution in [0.15, 0.2) is 67.0 Å². The Morgan fingerprint density at radius 3 is 2.39 bits per heavy atom. The van der Waals surface area contributed by atoms with Gasteiger partial charge in [0.25, 0.3) is 0 Å². The molecule has 5 atom stereocenters. The second kappa shape index (κ2) is 7.83. The Balaban J connectivity index is 1.86. The van der Waals surface area contributed by atoms with E-state index in [1.54, 1.807) is 19.5 Å². The smallest absolute Gasteiger partial charge is 0.177 e. The summed E-state index contributed by atoms with van der Waals surface area (Å²) in [6.07, 6.45) is 2.05. The van der Waals surface area contributed by atoms with Gasteiger partial charge in [0.2, 0.25) is 0 Å². The van der Waals surface area contributed by atoms with E-state index < -0.39 is 17.3 Å². The van der Waals surface area contributed by atoms with Gasteiger partial charge in [-0.1, -0.05) is 60.2 Å². The molecule has 6 heteroatoms. The molecule has 1 aliphatic heterocycles. The minimum absolute atomic E-state index is 0.306. The number of pyridine rings is 1. The third-order valence-corrected chi connectivity index (χ3v) is 7.23. The lowest BCUT2D eigenvalue weighted by atomic mass is 9.70. The topological polar surface area (TPSA) is 75.0 Å². The molecule has 0 bridgehead atoms. The van der Waals surface area contributed by atoms with Crippen LogP contribution < -0.4 is 9.47 Å². The highest BCUT2D eigenvalue weighted by Gasteiger charge is 2.76. The number of aliphatic hydroxyl groups is 2. The molecule has 0 unspecified atom stereocenters. The van der Waals surface area contributed by atoms with Crippen LogP contribution in [0.5, 0.6) is 11.5 Å². The van der Waals surface area contributed by atoms with Crippen LogP contribution in [0.3, 0.4) is 0 Å². The van der Waals surface area contributed by atoms with Crippen molar-refractivity contribution in [3.8, 4) is 11.5 Å². The first-order chi connectivity index (χ1) is 15.8. The maximum Gasteiger partial charge on any atom is 0.177 e. The van der Waals surface area contributed by atoms with Crippen molar-refractivity contribution < 1.29 is 19.7 Å². The Kier molecular flexibility index (Phi) is 5.20. The van der Waals surface area contributed by atoms with Crippen molar-refractivity contribution >= 4 is 0 Å². The van der Waals surface area contributed by atoms with E-state index in [-0.39, 0.29) is 11.8 Å². The second-order valence-electron chi connectivity index (χ2n) is 9.44. The fourth-order valence-corrected chi connectivity index (χ4v) is 5.96. The third-order valence-electron chi connectivity index (χ3n) is 7.23. The lowest BCUT2D eigenvalue weighted by molar-refractivity contribution is -0.152. The van der Waals surface area contributed by atoms with Gasteiger partial charge >= 0.3 is 0 Å². The minimum Gasteiger partial charge on any atom is -0.495 e. The van der Waals surface area contributed by atoms with Gasteiger partial charge in [-0.3, -0.25) is 4.98 Å². The van der Waals surface area contributed by atoms with Gasteiger partial charge in [-0.25, -0.2) is 0 Å². The molecule has 2 N–H and O–H groups in total. The standard InChI is InChI=1S/C27H30N2O4/c1-17-10-12-19(13-11-17)27-23(18-8-6-5-7-9-18)20(16-29(2)3)25(30)26(27,31)24-21(32-4)14-28-15-22(24)33-27/h5-15,20,23,25,30-31H,16H2,1-4H3/t20-,23-,25-,26+,27+/m1/s1. The molecule has 2 heterocycles. The fourth-order valence-electron chi connectivity index (χ4n) is 5.96. The Labute approximate surface area is 194 Å². The van der Waals surface area contributed by atoms with E-state index in [1.807, 2.05) is 80.5 Å². The van der Waals surface area contributed by atoms with Gasteiger partial charge in [-0.15, -0.1) is 0 Å². The van der Waals surface area contributed by atoms with E-state index in [9.17, 15) is 10.2 Å². The highest BCUT2D eigenvalue weighted by Crippen LogP contribution is 2.69. The molecular weight excluding hydrogens is 416 g/mol. The number of benzene rings is 2. The van der Waals surface area contributed by atoms with Gasteiger partial charge in [0.1, 0.15) is 11.5 Å². The number of rotatable bonds is 5. The summed E-state index contributed by atoms with van der Waals surface area (Å²) < 4.78 is 12.4. The van der Waals surface area contributed by atoms with Crippen LogP contribution in [0.1, 0.15) is 28.2 Å². The van der Waals surface area contributed by atoms with Crippen LogP contribution in [0.4, 0.5) is 0 Å². The molecule has 1 fully saturated rings. The number of aryl methyl sites for hydroxylation is 1. The normalized spacial score (nSPS) is 30.1. The number of methoxy groups -OCH3 is 1. The second-order valence-corrected chi connectivity index (χ2v) is 9.44. The molecule has 2 aromatic carbocycles. The zero-order chi connectivity index (χ0) is 23.4. The molecule has 1 aromatic heterocycles. The first-order valence-electron chi connectivity index (χ1n) is 11.2. The molecular formula is C27H30N2O4. The van der Waals surface area contributed by atoms with Crippen LogP contribution in [-0.2, 0) is 11.2 Å². The molecule has 172 valence electrons. The van der Waals surface area contributed by atoms with Crippen LogP contribution in [0.2, 0.25) is 0 Å². The van der Waals surface area contributed by atoms with E-state index in [1.165, 1.54) is 0 Å². The third kappa shape index (κ3) is 2.94. The Bertz CT molecular complexity index is 1150. The molecule has 1 aliphatic carbocycles. The van der Waals surface area contributed by atoms with Crippen molar-refractivity contribution in [1.82, 2.24) is 9.88 Å². The van der Waals surface area contributed by atoms with Crippen LogP contribution in [0, 0.1) is 12.8 Å².